The topological polar surface area (TPSA) is 104 Å². The van der Waals surface area contributed by atoms with Gasteiger partial charge in [0.2, 0.25) is 0 Å². The summed E-state index contributed by atoms with van der Waals surface area (Å²) in [6, 6.07) is 1.57. The van der Waals surface area contributed by atoms with Crippen molar-refractivity contribution in [1.82, 2.24) is 19.2 Å². The van der Waals surface area contributed by atoms with Gasteiger partial charge in [-0.15, -0.1) is 11.3 Å². The number of amides is 1. The van der Waals surface area contributed by atoms with Crippen LogP contribution in [0.15, 0.2) is 23.8 Å². The summed E-state index contributed by atoms with van der Waals surface area (Å²) < 4.78 is 3.54. The molecule has 3 aromatic heterocycles. The molecule has 3 heterocycles. The van der Waals surface area contributed by atoms with Crippen LogP contribution in [-0.2, 0) is 6.42 Å². The summed E-state index contributed by atoms with van der Waals surface area (Å²) in [6.45, 7) is 0.514. The summed E-state index contributed by atoms with van der Waals surface area (Å²) in [6.07, 6.45) is 4.30. The third kappa shape index (κ3) is 1.90. The SMILES string of the molecule is NCCc1c(-n2ccc(C(N)=O)n2)nc2sccn12. The first-order valence-electron chi connectivity index (χ1n) is 5.71. The highest BCUT2D eigenvalue weighted by molar-refractivity contribution is 7.15. The van der Waals surface area contributed by atoms with E-state index in [2.05, 4.69) is 10.1 Å². The van der Waals surface area contributed by atoms with Crippen LogP contribution in [0.3, 0.4) is 0 Å². The maximum atomic E-state index is 11.1. The van der Waals surface area contributed by atoms with Gasteiger partial charge in [-0.05, 0) is 12.6 Å². The van der Waals surface area contributed by atoms with Crippen LogP contribution in [0.1, 0.15) is 16.2 Å². The lowest BCUT2D eigenvalue weighted by molar-refractivity contribution is 0.0995. The Morgan fingerprint density at radius 2 is 2.26 bits per heavy atom. The Hall–Kier alpha value is -2.19. The van der Waals surface area contributed by atoms with E-state index in [9.17, 15) is 4.79 Å². The number of hydrogen-bond donors (Lipinski definition) is 2. The number of hydrogen-bond acceptors (Lipinski definition) is 5. The minimum absolute atomic E-state index is 0.218. The lowest BCUT2D eigenvalue weighted by Gasteiger charge is -2.02. The van der Waals surface area contributed by atoms with Gasteiger partial charge in [-0.3, -0.25) is 9.20 Å². The molecule has 0 unspecified atom stereocenters. The Bertz CT molecular complexity index is 739. The normalized spacial score (nSPS) is 11.2. The van der Waals surface area contributed by atoms with Gasteiger partial charge >= 0.3 is 0 Å². The van der Waals surface area contributed by atoms with Gasteiger partial charge in [-0.1, -0.05) is 0 Å². The van der Waals surface area contributed by atoms with Crippen LogP contribution in [0, 0.1) is 0 Å². The molecule has 19 heavy (non-hydrogen) atoms. The molecular formula is C11H12N6OS. The van der Waals surface area contributed by atoms with Crippen LogP contribution in [0.25, 0.3) is 10.8 Å². The van der Waals surface area contributed by atoms with Gasteiger partial charge in [0, 0.05) is 24.2 Å². The second-order valence-corrected chi connectivity index (χ2v) is 4.86. The number of aromatic nitrogens is 4. The van der Waals surface area contributed by atoms with Crippen LogP contribution in [0.2, 0.25) is 0 Å². The summed E-state index contributed by atoms with van der Waals surface area (Å²) in [5, 5.41) is 6.09. The molecule has 0 fully saturated rings. The van der Waals surface area contributed by atoms with E-state index in [4.69, 9.17) is 11.5 Å². The van der Waals surface area contributed by atoms with Gasteiger partial charge in [0.15, 0.2) is 10.8 Å². The fourth-order valence-corrected chi connectivity index (χ4v) is 2.68. The molecule has 0 atom stereocenters. The molecule has 98 valence electrons. The number of fused-ring (bicyclic) bond motifs is 1. The molecule has 0 spiro atoms. The van der Waals surface area contributed by atoms with Crippen molar-refractivity contribution < 1.29 is 4.79 Å². The molecule has 0 aliphatic heterocycles. The fraction of sp³-hybridized carbons (Fsp3) is 0.182. The van der Waals surface area contributed by atoms with Crippen LogP contribution in [0.4, 0.5) is 0 Å². The molecule has 3 rings (SSSR count). The number of rotatable bonds is 4. The van der Waals surface area contributed by atoms with Crippen molar-refractivity contribution in [3.8, 4) is 5.82 Å². The third-order valence-electron chi connectivity index (χ3n) is 2.78. The number of carbonyl (C=O) groups excluding carboxylic acids is 1. The van der Waals surface area contributed by atoms with E-state index >= 15 is 0 Å². The van der Waals surface area contributed by atoms with E-state index in [0.717, 1.165) is 10.7 Å². The highest BCUT2D eigenvalue weighted by Gasteiger charge is 2.16. The Labute approximate surface area is 112 Å². The number of primary amides is 1. The maximum absolute atomic E-state index is 11.1. The van der Waals surface area contributed by atoms with Gasteiger partial charge in [-0.2, -0.15) is 10.1 Å². The van der Waals surface area contributed by atoms with Gasteiger partial charge in [0.1, 0.15) is 5.69 Å². The average molecular weight is 276 g/mol. The molecule has 0 aromatic carbocycles. The van der Waals surface area contributed by atoms with E-state index in [1.807, 2.05) is 16.0 Å². The zero-order valence-corrected chi connectivity index (χ0v) is 10.8. The van der Waals surface area contributed by atoms with Crippen molar-refractivity contribution in [3.05, 3.63) is 35.2 Å². The molecule has 0 radical (unpaired) electrons. The first-order chi connectivity index (χ1) is 9.20. The van der Waals surface area contributed by atoms with Crippen molar-refractivity contribution in [2.45, 2.75) is 6.42 Å². The molecule has 7 nitrogen and oxygen atoms in total. The lowest BCUT2D eigenvalue weighted by Crippen LogP contribution is -2.13. The molecule has 8 heteroatoms. The Balaban J connectivity index is 2.14. The molecule has 1 amide bonds. The minimum atomic E-state index is -0.555. The Morgan fingerprint density at radius 3 is 2.95 bits per heavy atom. The molecule has 3 aromatic rings. The first-order valence-corrected chi connectivity index (χ1v) is 6.59. The lowest BCUT2D eigenvalue weighted by atomic mass is 10.3. The standard InChI is InChI=1S/C11H12N6OS/c12-3-1-8-10(14-11-16(8)5-6-19-11)17-4-2-7(15-17)9(13)18/h2,4-6H,1,3,12H2,(H2,13,18). The van der Waals surface area contributed by atoms with E-state index < -0.39 is 5.91 Å². The second kappa shape index (κ2) is 4.48. The first kappa shape index (κ1) is 11.9. The number of nitrogens with zero attached hydrogens (tertiary/aromatic N) is 4. The summed E-state index contributed by atoms with van der Waals surface area (Å²) in [7, 11) is 0. The van der Waals surface area contributed by atoms with Crippen LogP contribution in [-0.4, -0.2) is 31.6 Å². The predicted molar refractivity (Wildman–Crippen MR) is 71.5 cm³/mol. The number of thiazole rings is 1. The monoisotopic (exact) mass is 276 g/mol. The highest BCUT2D eigenvalue weighted by atomic mass is 32.1. The molecule has 0 saturated heterocycles. The predicted octanol–water partition coefficient (Wildman–Crippen LogP) is 0.182. The van der Waals surface area contributed by atoms with Crippen molar-refractivity contribution in [2.75, 3.05) is 6.54 Å². The van der Waals surface area contributed by atoms with E-state index in [1.54, 1.807) is 16.9 Å². The Kier molecular flexibility index (Phi) is 2.80. The average Bonchev–Trinajstić information content (AvgIpc) is 3.04. The van der Waals surface area contributed by atoms with E-state index in [1.165, 1.54) is 11.3 Å². The highest BCUT2D eigenvalue weighted by Crippen LogP contribution is 2.20. The smallest absolute Gasteiger partial charge is 0.269 e. The van der Waals surface area contributed by atoms with Crippen molar-refractivity contribution in [1.29, 1.82) is 0 Å². The van der Waals surface area contributed by atoms with E-state index in [0.29, 0.717) is 18.8 Å². The summed E-state index contributed by atoms with van der Waals surface area (Å²) in [4.78, 5) is 16.5. The third-order valence-corrected chi connectivity index (χ3v) is 3.54. The summed E-state index contributed by atoms with van der Waals surface area (Å²) >= 11 is 1.53. The fourth-order valence-electron chi connectivity index (χ4n) is 1.95. The quantitative estimate of drug-likeness (QED) is 0.709. The summed E-state index contributed by atoms with van der Waals surface area (Å²) in [5.74, 6) is 0.130. The van der Waals surface area contributed by atoms with Crippen molar-refractivity contribution >= 4 is 22.2 Å². The van der Waals surface area contributed by atoms with Crippen LogP contribution in [0.5, 0.6) is 0 Å². The van der Waals surface area contributed by atoms with Crippen molar-refractivity contribution in [3.63, 3.8) is 0 Å². The zero-order chi connectivity index (χ0) is 13.4. The van der Waals surface area contributed by atoms with Gasteiger partial charge in [0.25, 0.3) is 5.91 Å². The summed E-state index contributed by atoms with van der Waals surface area (Å²) in [5.41, 5.74) is 12.0. The molecular weight excluding hydrogens is 264 g/mol. The number of nitrogens with two attached hydrogens (primary N) is 2. The largest absolute Gasteiger partial charge is 0.364 e. The van der Waals surface area contributed by atoms with Gasteiger partial charge in [0.05, 0.1) is 5.69 Å². The van der Waals surface area contributed by atoms with Gasteiger partial charge < -0.3 is 11.5 Å². The van der Waals surface area contributed by atoms with E-state index in [-0.39, 0.29) is 5.69 Å². The minimum Gasteiger partial charge on any atom is -0.364 e. The number of carbonyl (C=O) groups is 1. The molecule has 0 bridgehead atoms. The molecule has 0 aliphatic carbocycles. The number of imidazole rings is 1. The molecule has 4 N–H and O–H groups in total. The van der Waals surface area contributed by atoms with Crippen LogP contribution >= 0.6 is 11.3 Å². The second-order valence-electron chi connectivity index (χ2n) is 3.99. The zero-order valence-electron chi connectivity index (χ0n) is 9.98. The molecule has 0 saturated carbocycles. The van der Waals surface area contributed by atoms with Gasteiger partial charge in [-0.25, -0.2) is 4.68 Å². The van der Waals surface area contributed by atoms with Crippen molar-refractivity contribution in [2.24, 2.45) is 11.5 Å². The maximum Gasteiger partial charge on any atom is 0.269 e. The van der Waals surface area contributed by atoms with Crippen LogP contribution < -0.4 is 11.5 Å². The Morgan fingerprint density at radius 1 is 1.42 bits per heavy atom. The molecule has 0 aliphatic rings.